The number of amides is 2. The lowest BCUT2D eigenvalue weighted by Gasteiger charge is -2.44. The van der Waals surface area contributed by atoms with Gasteiger partial charge in [0.05, 0.1) is 0 Å². The van der Waals surface area contributed by atoms with Crippen molar-refractivity contribution in [1.82, 2.24) is 9.80 Å². The molecule has 2 saturated heterocycles. The van der Waals surface area contributed by atoms with Crippen LogP contribution in [-0.2, 0) is 9.59 Å². The van der Waals surface area contributed by atoms with Crippen LogP contribution in [0.5, 0.6) is 0 Å². The molecule has 2 heterocycles. The zero-order valence-corrected chi connectivity index (χ0v) is 12.3. The lowest BCUT2D eigenvalue weighted by molar-refractivity contribution is -0.162. The Morgan fingerprint density at radius 3 is 2.37 bits per heavy atom. The summed E-state index contributed by atoms with van der Waals surface area (Å²) in [6.45, 7) is 9.24. The van der Waals surface area contributed by atoms with Crippen LogP contribution < -0.4 is 0 Å². The molecule has 0 aromatic heterocycles. The minimum atomic E-state index is -0.242. The summed E-state index contributed by atoms with van der Waals surface area (Å²) in [7, 11) is 0. The topological polar surface area (TPSA) is 40.6 Å². The second kappa shape index (κ2) is 3.97. The van der Waals surface area contributed by atoms with Crippen molar-refractivity contribution >= 4 is 11.8 Å². The van der Waals surface area contributed by atoms with Crippen molar-refractivity contribution in [1.29, 1.82) is 0 Å². The Morgan fingerprint density at radius 2 is 1.84 bits per heavy atom. The van der Waals surface area contributed by atoms with Gasteiger partial charge in [0.15, 0.2) is 0 Å². The van der Waals surface area contributed by atoms with Gasteiger partial charge in [0.2, 0.25) is 11.8 Å². The van der Waals surface area contributed by atoms with E-state index in [0.717, 1.165) is 25.8 Å². The Bertz CT molecular complexity index is 430. The highest BCUT2D eigenvalue weighted by molar-refractivity contribution is 5.98. The maximum atomic E-state index is 12.8. The Kier molecular flexibility index (Phi) is 2.70. The van der Waals surface area contributed by atoms with Gasteiger partial charge in [-0.05, 0) is 30.6 Å². The molecule has 3 fully saturated rings. The van der Waals surface area contributed by atoms with Crippen LogP contribution in [0, 0.1) is 11.3 Å². The summed E-state index contributed by atoms with van der Waals surface area (Å²) < 4.78 is 0. The molecule has 2 amide bonds. The van der Waals surface area contributed by atoms with Crippen LogP contribution in [0.15, 0.2) is 0 Å². The first-order valence-corrected chi connectivity index (χ1v) is 7.47. The van der Waals surface area contributed by atoms with Gasteiger partial charge in [-0.15, -0.1) is 0 Å². The summed E-state index contributed by atoms with van der Waals surface area (Å²) in [6.07, 6.45) is 2.84. The van der Waals surface area contributed by atoms with Crippen molar-refractivity contribution in [2.24, 2.45) is 11.3 Å². The fourth-order valence-corrected chi connectivity index (χ4v) is 3.75. The highest BCUT2D eigenvalue weighted by Gasteiger charge is 2.59. The van der Waals surface area contributed by atoms with Crippen molar-refractivity contribution in [3.63, 3.8) is 0 Å². The standard InChI is InChI=1S/C15H24N2O2/c1-9(2)12-14(19)16-7-5-6-10(16)13(18)17(12)11-8-15(11,3)4/h9-12H,5-8H2,1-4H3. The molecule has 4 nitrogen and oxygen atoms in total. The molecule has 3 rings (SSSR count). The van der Waals surface area contributed by atoms with Crippen molar-refractivity contribution < 1.29 is 9.59 Å². The lowest BCUT2D eigenvalue weighted by Crippen LogP contribution is -2.65. The molecule has 0 radical (unpaired) electrons. The third kappa shape index (κ3) is 1.79. The third-order valence-electron chi connectivity index (χ3n) is 5.06. The summed E-state index contributed by atoms with van der Waals surface area (Å²) in [5.41, 5.74) is 0.184. The van der Waals surface area contributed by atoms with Gasteiger partial charge in [-0.2, -0.15) is 0 Å². The van der Waals surface area contributed by atoms with E-state index in [1.807, 2.05) is 9.80 Å². The molecule has 4 heteroatoms. The van der Waals surface area contributed by atoms with Crippen LogP contribution in [-0.4, -0.2) is 46.3 Å². The van der Waals surface area contributed by atoms with E-state index in [-0.39, 0.29) is 41.3 Å². The van der Waals surface area contributed by atoms with Crippen molar-refractivity contribution in [3.05, 3.63) is 0 Å². The minimum absolute atomic E-state index is 0.168. The third-order valence-corrected chi connectivity index (χ3v) is 5.06. The van der Waals surface area contributed by atoms with Gasteiger partial charge in [0.1, 0.15) is 12.1 Å². The first-order valence-electron chi connectivity index (χ1n) is 7.47. The number of hydrogen-bond donors (Lipinski definition) is 0. The first kappa shape index (κ1) is 12.9. The zero-order valence-electron chi connectivity index (χ0n) is 12.3. The molecule has 3 atom stereocenters. The van der Waals surface area contributed by atoms with E-state index >= 15 is 0 Å². The van der Waals surface area contributed by atoms with E-state index in [2.05, 4.69) is 27.7 Å². The number of carbonyl (C=O) groups is 2. The second-order valence-electron chi connectivity index (χ2n) is 7.33. The molecule has 0 bridgehead atoms. The van der Waals surface area contributed by atoms with Crippen LogP contribution >= 0.6 is 0 Å². The highest BCUT2D eigenvalue weighted by atomic mass is 16.2. The SMILES string of the molecule is CC(C)C1C(=O)N2CCCC2C(=O)N1C1CC1(C)C. The summed E-state index contributed by atoms with van der Waals surface area (Å²) >= 11 is 0. The van der Waals surface area contributed by atoms with E-state index in [9.17, 15) is 9.59 Å². The summed E-state index contributed by atoms with van der Waals surface area (Å²) in [4.78, 5) is 29.2. The average Bonchev–Trinajstić information content (AvgIpc) is 2.78. The summed E-state index contributed by atoms with van der Waals surface area (Å²) in [5, 5.41) is 0. The summed E-state index contributed by atoms with van der Waals surface area (Å²) in [6, 6.07) is -0.147. The number of piperazine rings is 1. The lowest BCUT2D eigenvalue weighted by atomic mass is 9.95. The van der Waals surface area contributed by atoms with Gasteiger partial charge in [0, 0.05) is 12.6 Å². The molecule has 19 heavy (non-hydrogen) atoms. The molecule has 3 unspecified atom stereocenters. The van der Waals surface area contributed by atoms with Gasteiger partial charge in [0.25, 0.3) is 0 Å². The van der Waals surface area contributed by atoms with Crippen LogP contribution in [0.2, 0.25) is 0 Å². The van der Waals surface area contributed by atoms with Crippen LogP contribution in [0.25, 0.3) is 0 Å². The number of hydrogen-bond acceptors (Lipinski definition) is 2. The Morgan fingerprint density at radius 1 is 1.21 bits per heavy atom. The van der Waals surface area contributed by atoms with Crippen molar-refractivity contribution in [2.75, 3.05) is 6.54 Å². The second-order valence-corrected chi connectivity index (χ2v) is 7.33. The quantitative estimate of drug-likeness (QED) is 0.761. The Balaban J connectivity index is 1.95. The number of rotatable bonds is 2. The monoisotopic (exact) mass is 264 g/mol. The maximum absolute atomic E-state index is 12.8. The molecular formula is C15H24N2O2. The Labute approximate surface area is 115 Å². The molecule has 3 aliphatic rings. The van der Waals surface area contributed by atoms with E-state index in [0.29, 0.717) is 0 Å². The van der Waals surface area contributed by atoms with Crippen LogP contribution in [0.1, 0.15) is 47.0 Å². The average molecular weight is 264 g/mol. The van der Waals surface area contributed by atoms with Gasteiger partial charge in [-0.1, -0.05) is 27.7 Å². The van der Waals surface area contributed by atoms with Crippen molar-refractivity contribution in [2.45, 2.75) is 65.1 Å². The van der Waals surface area contributed by atoms with E-state index in [4.69, 9.17) is 0 Å². The Hall–Kier alpha value is -1.06. The molecule has 0 N–H and O–H groups in total. The minimum Gasteiger partial charge on any atom is -0.329 e. The number of fused-ring (bicyclic) bond motifs is 1. The number of nitrogens with zero attached hydrogens (tertiary/aromatic N) is 2. The predicted molar refractivity (Wildman–Crippen MR) is 72.4 cm³/mol. The molecular weight excluding hydrogens is 240 g/mol. The van der Waals surface area contributed by atoms with Gasteiger partial charge in [-0.3, -0.25) is 9.59 Å². The maximum Gasteiger partial charge on any atom is 0.246 e. The molecule has 1 saturated carbocycles. The molecule has 1 aliphatic carbocycles. The van der Waals surface area contributed by atoms with Crippen LogP contribution in [0.3, 0.4) is 0 Å². The van der Waals surface area contributed by atoms with Gasteiger partial charge >= 0.3 is 0 Å². The summed E-state index contributed by atoms with van der Waals surface area (Å²) in [5.74, 6) is 0.570. The van der Waals surface area contributed by atoms with E-state index in [1.165, 1.54) is 0 Å². The largest absolute Gasteiger partial charge is 0.329 e. The first-order chi connectivity index (χ1) is 8.84. The van der Waals surface area contributed by atoms with E-state index < -0.39 is 0 Å². The highest BCUT2D eigenvalue weighted by Crippen LogP contribution is 2.51. The van der Waals surface area contributed by atoms with Crippen molar-refractivity contribution in [3.8, 4) is 0 Å². The fraction of sp³-hybridized carbons (Fsp3) is 0.867. The van der Waals surface area contributed by atoms with Gasteiger partial charge in [-0.25, -0.2) is 0 Å². The van der Waals surface area contributed by atoms with E-state index in [1.54, 1.807) is 0 Å². The molecule has 106 valence electrons. The zero-order chi connectivity index (χ0) is 13.9. The molecule has 0 spiro atoms. The predicted octanol–water partition coefficient (Wildman–Crippen LogP) is 1.64. The molecule has 2 aliphatic heterocycles. The smallest absolute Gasteiger partial charge is 0.246 e. The molecule has 0 aromatic carbocycles. The number of carbonyl (C=O) groups excluding carboxylic acids is 2. The molecule has 0 aromatic rings. The van der Waals surface area contributed by atoms with Crippen LogP contribution in [0.4, 0.5) is 0 Å². The van der Waals surface area contributed by atoms with Gasteiger partial charge < -0.3 is 9.80 Å². The normalized spacial score (nSPS) is 37.0. The fourth-order valence-electron chi connectivity index (χ4n) is 3.75.